The molecule has 1 aliphatic rings. The van der Waals surface area contributed by atoms with Crippen molar-refractivity contribution in [3.05, 3.63) is 83.4 Å². The number of anilines is 2. The van der Waals surface area contributed by atoms with E-state index in [1.165, 1.54) is 6.33 Å². The van der Waals surface area contributed by atoms with E-state index in [0.29, 0.717) is 34.9 Å². The Kier molecular flexibility index (Phi) is 5.94. The molecule has 0 aliphatic carbocycles. The van der Waals surface area contributed by atoms with Gasteiger partial charge in [-0.1, -0.05) is 29.8 Å². The lowest BCUT2D eigenvalue weighted by Gasteiger charge is -2.17. The van der Waals surface area contributed by atoms with Crippen LogP contribution in [0.3, 0.4) is 0 Å². The highest BCUT2D eigenvalue weighted by atomic mass is 16.2. The van der Waals surface area contributed by atoms with Crippen LogP contribution in [0.25, 0.3) is 22.5 Å². The van der Waals surface area contributed by atoms with Crippen molar-refractivity contribution in [2.75, 3.05) is 16.8 Å². The maximum atomic E-state index is 13.3. The maximum absolute atomic E-state index is 13.3. The number of rotatable bonds is 5. The number of benzene rings is 2. The van der Waals surface area contributed by atoms with Crippen LogP contribution >= 0.6 is 0 Å². The van der Waals surface area contributed by atoms with Crippen LogP contribution in [0.1, 0.15) is 28.8 Å². The quantitative estimate of drug-likeness (QED) is 0.371. The lowest BCUT2D eigenvalue weighted by molar-refractivity contribution is -0.122. The number of carbonyl (C=O) groups excluding carboxylic acids is 2. The minimum Gasteiger partial charge on any atom is -0.312 e. The summed E-state index contributed by atoms with van der Waals surface area (Å²) < 4.78 is 3.39. The summed E-state index contributed by atoms with van der Waals surface area (Å²) in [7, 11) is 0. The standard InChI is InChI=1S/C29H28N8O2/c1-17-8-10-22(11-9-17)35-15-21(13-26(35)38)29(39)33-25-12-19(3)34-37(25)28-23-14-32-36(27(23)30-16-31-28)24-7-5-6-18(2)20(24)4/h5-12,14,16,21H,13,15H2,1-4H3,(H,33,39). The fraction of sp³-hybridized carbons (Fsp3) is 0.241. The zero-order valence-electron chi connectivity index (χ0n) is 22.2. The van der Waals surface area contributed by atoms with Crippen molar-refractivity contribution >= 4 is 34.4 Å². The van der Waals surface area contributed by atoms with Crippen LogP contribution in [0.4, 0.5) is 11.5 Å². The Hall–Kier alpha value is -4.86. The predicted octanol–water partition coefficient (Wildman–Crippen LogP) is 4.23. The molecule has 0 saturated carbocycles. The van der Waals surface area contributed by atoms with Crippen molar-refractivity contribution in [2.45, 2.75) is 34.1 Å². The third-order valence-electron chi connectivity index (χ3n) is 7.27. The molecule has 0 radical (unpaired) electrons. The third kappa shape index (κ3) is 4.33. The molecular formula is C29H28N8O2. The highest BCUT2D eigenvalue weighted by molar-refractivity contribution is 6.03. The van der Waals surface area contributed by atoms with Gasteiger partial charge in [0.05, 0.1) is 28.9 Å². The van der Waals surface area contributed by atoms with E-state index in [0.717, 1.165) is 28.1 Å². The first-order chi connectivity index (χ1) is 18.8. The fourth-order valence-electron chi connectivity index (χ4n) is 4.98. The number of hydrogen-bond acceptors (Lipinski definition) is 6. The number of hydrogen-bond donors (Lipinski definition) is 1. The Morgan fingerprint density at radius 1 is 1.00 bits per heavy atom. The monoisotopic (exact) mass is 520 g/mol. The van der Waals surface area contributed by atoms with E-state index in [-0.39, 0.29) is 18.2 Å². The Morgan fingerprint density at radius 3 is 2.59 bits per heavy atom. The Bertz CT molecular complexity index is 1730. The normalized spacial score (nSPS) is 15.3. The molecule has 1 N–H and O–H groups in total. The molecule has 4 heterocycles. The van der Waals surface area contributed by atoms with Crippen molar-refractivity contribution in [1.82, 2.24) is 29.5 Å². The van der Waals surface area contributed by atoms with Gasteiger partial charge < -0.3 is 10.2 Å². The average Bonchev–Trinajstić information content (AvgIpc) is 3.63. The van der Waals surface area contributed by atoms with E-state index < -0.39 is 5.92 Å². The molecule has 39 heavy (non-hydrogen) atoms. The summed E-state index contributed by atoms with van der Waals surface area (Å²) in [4.78, 5) is 36.7. The number of nitrogens with one attached hydrogen (secondary N) is 1. The molecule has 0 spiro atoms. The molecule has 2 aromatic carbocycles. The van der Waals surface area contributed by atoms with Crippen LogP contribution < -0.4 is 10.2 Å². The van der Waals surface area contributed by atoms with Crippen LogP contribution in [0.2, 0.25) is 0 Å². The summed E-state index contributed by atoms with van der Waals surface area (Å²) in [5.41, 5.74) is 6.45. The van der Waals surface area contributed by atoms with Gasteiger partial charge in [-0.05, 0) is 57.0 Å². The zero-order valence-corrected chi connectivity index (χ0v) is 22.2. The molecule has 1 fully saturated rings. The summed E-state index contributed by atoms with van der Waals surface area (Å²) >= 11 is 0. The second-order valence-electron chi connectivity index (χ2n) is 10.0. The van der Waals surface area contributed by atoms with Gasteiger partial charge in [0.25, 0.3) is 0 Å². The van der Waals surface area contributed by atoms with Crippen LogP contribution in [0, 0.1) is 33.6 Å². The van der Waals surface area contributed by atoms with Gasteiger partial charge in [-0.3, -0.25) is 9.59 Å². The van der Waals surface area contributed by atoms with E-state index >= 15 is 0 Å². The molecular weight excluding hydrogens is 492 g/mol. The summed E-state index contributed by atoms with van der Waals surface area (Å²) in [6.45, 7) is 8.28. The number of fused-ring (bicyclic) bond motifs is 1. The molecule has 2 amide bonds. The van der Waals surface area contributed by atoms with Crippen molar-refractivity contribution in [2.24, 2.45) is 5.92 Å². The Balaban J connectivity index is 1.30. The topological polar surface area (TPSA) is 111 Å². The summed E-state index contributed by atoms with van der Waals surface area (Å²) in [6, 6.07) is 15.6. The van der Waals surface area contributed by atoms with Gasteiger partial charge in [0.15, 0.2) is 11.5 Å². The van der Waals surface area contributed by atoms with Crippen molar-refractivity contribution < 1.29 is 9.59 Å². The van der Waals surface area contributed by atoms with Crippen molar-refractivity contribution in [3.63, 3.8) is 0 Å². The SMILES string of the molecule is Cc1ccc(N2CC(C(=O)Nc3cc(C)nn3-c3ncnc4c3cnn4-c3cccc(C)c3C)CC2=O)cc1. The molecule has 6 rings (SSSR count). The van der Waals surface area contributed by atoms with Gasteiger partial charge in [0, 0.05) is 24.7 Å². The van der Waals surface area contributed by atoms with Crippen LogP contribution in [0.5, 0.6) is 0 Å². The van der Waals surface area contributed by atoms with Crippen LogP contribution in [-0.2, 0) is 9.59 Å². The Morgan fingerprint density at radius 2 is 1.79 bits per heavy atom. The van der Waals surface area contributed by atoms with Crippen LogP contribution in [0.15, 0.2) is 61.1 Å². The smallest absolute Gasteiger partial charge is 0.230 e. The number of carbonyl (C=O) groups is 2. The molecule has 1 saturated heterocycles. The van der Waals surface area contributed by atoms with Gasteiger partial charge in [-0.15, -0.1) is 0 Å². The largest absolute Gasteiger partial charge is 0.312 e. The number of nitrogens with zero attached hydrogens (tertiary/aromatic N) is 7. The van der Waals surface area contributed by atoms with E-state index in [1.54, 1.807) is 26.5 Å². The fourth-order valence-corrected chi connectivity index (χ4v) is 4.98. The maximum Gasteiger partial charge on any atom is 0.230 e. The molecule has 1 unspecified atom stereocenters. The summed E-state index contributed by atoms with van der Waals surface area (Å²) in [6.07, 6.45) is 3.33. The summed E-state index contributed by atoms with van der Waals surface area (Å²) in [5.74, 6) is 0.178. The lowest BCUT2D eigenvalue weighted by atomic mass is 10.1. The zero-order chi connectivity index (χ0) is 27.3. The molecule has 10 nitrogen and oxygen atoms in total. The first kappa shape index (κ1) is 24.5. The lowest BCUT2D eigenvalue weighted by Crippen LogP contribution is -2.28. The minimum atomic E-state index is -0.486. The first-order valence-corrected chi connectivity index (χ1v) is 12.8. The second-order valence-corrected chi connectivity index (χ2v) is 10.0. The molecule has 196 valence electrons. The first-order valence-electron chi connectivity index (χ1n) is 12.8. The molecule has 0 bridgehead atoms. The van der Waals surface area contributed by atoms with Gasteiger partial charge in [-0.2, -0.15) is 14.9 Å². The highest BCUT2D eigenvalue weighted by Crippen LogP contribution is 2.29. The van der Waals surface area contributed by atoms with Gasteiger partial charge in [-0.25, -0.2) is 14.6 Å². The van der Waals surface area contributed by atoms with Crippen molar-refractivity contribution in [3.8, 4) is 11.5 Å². The predicted molar refractivity (Wildman–Crippen MR) is 148 cm³/mol. The Labute approximate surface area is 225 Å². The highest BCUT2D eigenvalue weighted by Gasteiger charge is 2.35. The molecule has 3 aromatic heterocycles. The van der Waals surface area contributed by atoms with Gasteiger partial charge >= 0.3 is 0 Å². The summed E-state index contributed by atoms with van der Waals surface area (Å²) in [5, 5.41) is 12.9. The molecule has 10 heteroatoms. The van der Waals surface area contributed by atoms with E-state index in [4.69, 9.17) is 0 Å². The van der Waals surface area contributed by atoms with E-state index in [9.17, 15) is 9.59 Å². The third-order valence-corrected chi connectivity index (χ3v) is 7.27. The van der Waals surface area contributed by atoms with Gasteiger partial charge in [0.2, 0.25) is 11.8 Å². The molecule has 1 aliphatic heterocycles. The van der Waals surface area contributed by atoms with E-state index in [1.807, 2.05) is 50.2 Å². The van der Waals surface area contributed by atoms with Crippen LogP contribution in [-0.4, -0.2) is 47.9 Å². The average molecular weight is 521 g/mol. The van der Waals surface area contributed by atoms with Crippen molar-refractivity contribution in [1.29, 1.82) is 0 Å². The number of aromatic nitrogens is 6. The number of amides is 2. The van der Waals surface area contributed by atoms with E-state index in [2.05, 4.69) is 45.4 Å². The minimum absolute atomic E-state index is 0.0694. The molecule has 1 atom stereocenters. The van der Waals surface area contributed by atoms with Gasteiger partial charge in [0.1, 0.15) is 12.1 Å². The molecule has 5 aromatic rings. The number of aryl methyl sites for hydroxylation is 3. The second kappa shape index (κ2) is 9.46.